The monoisotopic (exact) mass is 896 g/mol. The van der Waals surface area contributed by atoms with Crippen LogP contribution in [-0.4, -0.2) is 106 Å². The number of carbonyl (C=O) groups is 7. The molecule has 0 bridgehead atoms. The summed E-state index contributed by atoms with van der Waals surface area (Å²) >= 11 is 0. The van der Waals surface area contributed by atoms with Gasteiger partial charge in [-0.1, -0.05) is 62.8 Å². The topological polar surface area (TPSA) is 238 Å². The molecule has 1 heterocycles. The quantitative estimate of drug-likeness (QED) is 0.0934. The van der Waals surface area contributed by atoms with Gasteiger partial charge in [0.2, 0.25) is 17.7 Å². The van der Waals surface area contributed by atoms with Gasteiger partial charge in [-0.2, -0.15) is 0 Å². The lowest BCUT2D eigenvalue weighted by molar-refractivity contribution is -0.177. The smallest absolute Gasteiger partial charge is 0.253 e. The molecule has 9 atom stereocenters. The van der Waals surface area contributed by atoms with Crippen LogP contribution in [0.4, 0.5) is 5.69 Å². The van der Waals surface area contributed by atoms with Gasteiger partial charge in [0, 0.05) is 42.0 Å². The minimum absolute atomic E-state index is 0.000152. The number of anilines is 1. The first-order valence-electron chi connectivity index (χ1n) is 22.0. The van der Waals surface area contributed by atoms with Gasteiger partial charge in [0.1, 0.15) is 30.5 Å². The van der Waals surface area contributed by atoms with E-state index in [1.165, 1.54) is 21.0 Å². The van der Waals surface area contributed by atoms with Gasteiger partial charge in [0.25, 0.3) is 11.8 Å². The van der Waals surface area contributed by atoms with Crippen molar-refractivity contribution in [1.29, 1.82) is 0 Å². The molecule has 0 aromatic heterocycles. The minimum atomic E-state index is -1.47. The Morgan fingerprint density at radius 1 is 0.908 bits per heavy atom. The van der Waals surface area contributed by atoms with Crippen LogP contribution in [-0.2, 0) is 44.7 Å². The summed E-state index contributed by atoms with van der Waals surface area (Å²) in [5.41, 5.74) is 2.61. The fourth-order valence-corrected chi connectivity index (χ4v) is 10.1. The highest BCUT2D eigenvalue weighted by Gasteiger charge is 2.57. The first-order chi connectivity index (χ1) is 30.7. The highest BCUT2D eigenvalue weighted by atomic mass is 16.6. The van der Waals surface area contributed by atoms with E-state index in [1.807, 2.05) is 18.2 Å². The van der Waals surface area contributed by atoms with Gasteiger partial charge in [-0.25, -0.2) is 0 Å². The van der Waals surface area contributed by atoms with Gasteiger partial charge < -0.3 is 40.7 Å². The van der Waals surface area contributed by atoms with Crippen molar-refractivity contribution < 1.29 is 58.4 Å². The summed E-state index contributed by atoms with van der Waals surface area (Å²) in [5.74, 6) is -3.23. The summed E-state index contributed by atoms with van der Waals surface area (Å²) in [4.78, 5) is 88.1. The highest BCUT2D eigenvalue weighted by molar-refractivity contribution is 6.13. The van der Waals surface area contributed by atoms with Gasteiger partial charge in [-0.05, 0) is 98.6 Å². The number of fused-ring (bicyclic) bond motifs is 3. The molecule has 2 unspecified atom stereocenters. The predicted molar refractivity (Wildman–Crippen MR) is 238 cm³/mol. The summed E-state index contributed by atoms with van der Waals surface area (Å²) in [6.45, 7) is 8.26. The predicted octanol–water partition coefficient (Wildman–Crippen LogP) is 3.38. The number of carbonyl (C=O) groups excluding carboxylic acids is 7. The zero-order valence-corrected chi connectivity index (χ0v) is 37.7. The number of methoxy groups -OCH3 is 1. The Kier molecular flexibility index (Phi) is 15.1. The van der Waals surface area contributed by atoms with Crippen LogP contribution in [0.1, 0.15) is 89.7 Å². The van der Waals surface area contributed by atoms with E-state index in [4.69, 9.17) is 9.47 Å². The second-order valence-electron chi connectivity index (χ2n) is 18.5. The number of amides is 5. The Balaban J connectivity index is 1.03. The molecule has 65 heavy (non-hydrogen) atoms. The number of nitrogens with zero attached hydrogens (tertiary/aromatic N) is 1. The number of ether oxygens (including phenoxy) is 2. The maximum Gasteiger partial charge on any atom is 0.253 e. The van der Waals surface area contributed by atoms with Crippen LogP contribution < -0.4 is 20.7 Å². The molecular weight excluding hydrogens is 837 g/mol. The number of benzene rings is 2. The third kappa shape index (κ3) is 11.0. The Morgan fingerprint density at radius 3 is 2.23 bits per heavy atom. The second kappa shape index (κ2) is 20.1. The fourth-order valence-electron chi connectivity index (χ4n) is 10.1. The lowest BCUT2D eigenvalue weighted by atomic mass is 9.46. The summed E-state index contributed by atoms with van der Waals surface area (Å²) in [6.07, 6.45) is 6.63. The Labute approximate surface area is 378 Å². The molecule has 2 fully saturated rings. The zero-order chi connectivity index (χ0) is 47.4. The molecule has 3 aliphatic carbocycles. The van der Waals surface area contributed by atoms with Gasteiger partial charge >= 0.3 is 0 Å². The first-order valence-corrected chi connectivity index (χ1v) is 22.0. The van der Waals surface area contributed by atoms with Crippen LogP contribution in [0, 0.1) is 28.6 Å². The first kappa shape index (κ1) is 48.6. The minimum Gasteiger partial charge on any atom is -0.495 e. The number of allylic oxidation sites excluding steroid dienone is 4. The summed E-state index contributed by atoms with van der Waals surface area (Å²) in [7, 11) is 1.46. The van der Waals surface area contributed by atoms with Crippen molar-refractivity contribution in [3.05, 3.63) is 95.1 Å². The summed E-state index contributed by atoms with van der Waals surface area (Å²) in [5, 5.41) is 40.6. The summed E-state index contributed by atoms with van der Waals surface area (Å²) < 4.78 is 11.6. The Bertz CT molecular complexity index is 2270. The molecular formula is C49H60N4O12. The van der Waals surface area contributed by atoms with E-state index >= 15 is 0 Å². The molecule has 6 rings (SSSR count). The van der Waals surface area contributed by atoms with E-state index in [-0.39, 0.29) is 48.3 Å². The number of Topliss-reactive ketones (excluding diaryl/α,β-unsaturated/α-hetero) is 1. The number of rotatable bonds is 18. The maximum absolute atomic E-state index is 13.2. The third-order valence-electron chi connectivity index (χ3n) is 13.6. The molecule has 0 saturated heterocycles. The van der Waals surface area contributed by atoms with Crippen molar-refractivity contribution in [1.82, 2.24) is 15.5 Å². The number of nitrogens with one attached hydrogen (secondary N) is 3. The lowest BCUT2D eigenvalue weighted by Gasteiger charge is -2.59. The average molecular weight is 897 g/mol. The van der Waals surface area contributed by atoms with Crippen LogP contribution in [0.5, 0.6) is 5.75 Å². The maximum atomic E-state index is 13.2. The van der Waals surface area contributed by atoms with E-state index in [2.05, 4.69) is 36.7 Å². The normalized spacial score (nSPS) is 25.1. The van der Waals surface area contributed by atoms with Crippen molar-refractivity contribution in [3.8, 4) is 5.75 Å². The van der Waals surface area contributed by atoms with Crippen LogP contribution in [0.3, 0.4) is 0 Å². The average Bonchev–Trinajstić information content (AvgIpc) is 3.59. The van der Waals surface area contributed by atoms with E-state index in [1.54, 1.807) is 42.5 Å². The Hall–Kier alpha value is -5.81. The molecule has 0 spiro atoms. The summed E-state index contributed by atoms with van der Waals surface area (Å²) in [6, 6.07) is 10.3. The third-order valence-corrected chi connectivity index (χ3v) is 13.6. The van der Waals surface area contributed by atoms with Gasteiger partial charge in [0.15, 0.2) is 17.9 Å². The number of ketones is 2. The fraction of sp³-hybridized carbons (Fsp3) is 0.490. The Morgan fingerprint density at radius 2 is 1.57 bits per heavy atom. The largest absolute Gasteiger partial charge is 0.495 e. The van der Waals surface area contributed by atoms with Crippen molar-refractivity contribution in [2.45, 2.75) is 104 Å². The number of hydrogen-bond acceptors (Lipinski definition) is 12. The SMILES string of the molecule is COc1cc(Cc2ccc([C@@H](O)O[C@@H](CC3[C@@H]4CCC5=CC(=O)C=C[C@]5(C)C4[C@@H](O)CC3(C)C)C(=O)CO)cc2)ccc1NC(=O)[C@H](C)NC(=O)[C@H](C)NC(=O)CCN1C(=O)C=CC1=O. The van der Waals surface area contributed by atoms with Crippen LogP contribution in [0.15, 0.2) is 78.4 Å². The number of aliphatic hydroxyl groups excluding tert-OH is 3. The van der Waals surface area contributed by atoms with Crippen LogP contribution in [0.25, 0.3) is 0 Å². The highest BCUT2D eigenvalue weighted by Crippen LogP contribution is 2.61. The van der Waals surface area contributed by atoms with Gasteiger partial charge in [0.05, 0.1) is 18.9 Å². The number of aliphatic hydroxyl groups is 3. The molecule has 2 saturated carbocycles. The molecule has 2 aromatic carbocycles. The molecule has 16 heteroatoms. The lowest BCUT2D eigenvalue weighted by Crippen LogP contribution is -2.56. The number of hydrogen-bond donors (Lipinski definition) is 6. The zero-order valence-electron chi connectivity index (χ0n) is 37.7. The van der Waals surface area contributed by atoms with Crippen molar-refractivity contribution in [3.63, 3.8) is 0 Å². The van der Waals surface area contributed by atoms with E-state index < -0.39 is 77.9 Å². The second-order valence-corrected chi connectivity index (χ2v) is 18.5. The standard InChI is InChI=1S/C49H60N4O12/c1-27(50-41(58)18-20-53-42(59)15-16-43(53)60)45(61)51-28(2)46(62)52-36-14-9-30(22-39(36)64-6)21-29-7-10-31(11-8-29)47(63)65-40(38(57)26-54)24-35-34-13-12-32-23-33(55)17-19-49(32,5)44(34)37(56)25-48(35,3)4/h7-11,14-17,19,22-23,27-28,34-35,37,40,44,47,54,56,63H,12-13,18,20-21,24-26H2,1-6H3,(H,50,58)(H,51,61)(H,52,62)/t27-,28-,34-,35?,37-,40-,44?,47-,49-/m0/s1. The number of imide groups is 1. The molecule has 5 amide bonds. The van der Waals surface area contributed by atoms with E-state index in [0.717, 1.165) is 40.2 Å². The van der Waals surface area contributed by atoms with Gasteiger partial charge in [-0.3, -0.25) is 38.5 Å². The molecule has 16 nitrogen and oxygen atoms in total. The van der Waals surface area contributed by atoms with Crippen LogP contribution in [0.2, 0.25) is 0 Å². The van der Waals surface area contributed by atoms with Gasteiger partial charge in [-0.15, -0.1) is 0 Å². The van der Waals surface area contributed by atoms with E-state index in [9.17, 15) is 48.9 Å². The van der Waals surface area contributed by atoms with E-state index in [0.29, 0.717) is 36.3 Å². The van der Waals surface area contributed by atoms with Crippen molar-refractivity contribution >= 4 is 46.8 Å². The molecule has 1 aliphatic heterocycles. The molecule has 4 aliphatic rings. The molecule has 6 N–H and O–H groups in total. The van der Waals surface area contributed by atoms with Crippen molar-refractivity contribution in [2.75, 3.05) is 25.6 Å². The molecule has 0 radical (unpaired) electrons. The molecule has 2 aromatic rings. The molecule has 348 valence electrons. The van der Waals surface area contributed by atoms with Crippen LogP contribution >= 0.6 is 0 Å². The van der Waals surface area contributed by atoms with Crippen molar-refractivity contribution in [2.24, 2.45) is 28.6 Å².